The van der Waals surface area contributed by atoms with E-state index in [-0.39, 0.29) is 17.0 Å². The summed E-state index contributed by atoms with van der Waals surface area (Å²) in [4.78, 5) is 29.1. The fourth-order valence-electron chi connectivity index (χ4n) is 2.42. The monoisotopic (exact) mass is 324 g/mol. The van der Waals surface area contributed by atoms with Crippen molar-refractivity contribution in [3.63, 3.8) is 0 Å². The number of aromatic nitrogens is 1. The van der Waals surface area contributed by atoms with Crippen LogP contribution >= 0.6 is 0 Å². The Morgan fingerprint density at radius 3 is 2.58 bits per heavy atom. The van der Waals surface area contributed by atoms with E-state index in [4.69, 9.17) is 0 Å². The number of unbranched alkanes of at least 4 members (excludes halogenated alkanes) is 1. The third-order valence-corrected chi connectivity index (χ3v) is 3.79. The van der Waals surface area contributed by atoms with E-state index in [0.717, 1.165) is 24.1 Å². The molecule has 1 amide bonds. The minimum Gasteiger partial charge on any atom is -0.335 e. The molecule has 126 valence electrons. The summed E-state index contributed by atoms with van der Waals surface area (Å²) in [5, 5.41) is 0. The van der Waals surface area contributed by atoms with Crippen molar-refractivity contribution in [2.24, 2.45) is 0 Å². The lowest BCUT2D eigenvalue weighted by molar-refractivity contribution is 0.0770. The van der Waals surface area contributed by atoms with Crippen LogP contribution in [-0.2, 0) is 0 Å². The van der Waals surface area contributed by atoms with Gasteiger partial charge in [-0.3, -0.25) is 9.59 Å². The highest BCUT2D eigenvalue weighted by Crippen LogP contribution is 2.06. The van der Waals surface area contributed by atoms with Crippen LogP contribution in [-0.4, -0.2) is 28.9 Å². The number of aromatic amines is 1. The summed E-state index contributed by atoms with van der Waals surface area (Å²) in [6, 6.07) is 13.3. The number of rotatable bonds is 7. The first-order valence-corrected chi connectivity index (χ1v) is 8.32. The topological polar surface area (TPSA) is 53.2 Å². The smallest absolute Gasteiger partial charge is 0.260 e. The molecule has 0 aliphatic carbocycles. The summed E-state index contributed by atoms with van der Waals surface area (Å²) >= 11 is 0. The second-order valence-electron chi connectivity index (χ2n) is 5.80. The van der Waals surface area contributed by atoms with Crippen LogP contribution in [0.1, 0.15) is 41.4 Å². The number of H-pyrrole nitrogens is 1. The second-order valence-corrected chi connectivity index (χ2v) is 5.80. The molecule has 1 N–H and O–H groups in total. The number of benzene rings is 1. The molecule has 0 atom stereocenters. The van der Waals surface area contributed by atoms with Crippen molar-refractivity contribution < 1.29 is 4.79 Å². The number of carbonyl (C=O) groups excluding carboxylic acids is 1. The standard InChI is InChI=1S/C20H24N2O2/c1-3-4-14-22(15-8-11-17-9-6-5-7-10-17)20(24)18-13-12-16(2)21-19(18)23/h5-13H,3-4,14-15H2,1-2H3,(H,21,23). The SMILES string of the molecule is CCCCN(CC=Cc1ccccc1)C(=O)c1ccc(C)[nH]c1=O. The molecule has 0 unspecified atom stereocenters. The van der Waals surface area contributed by atoms with Gasteiger partial charge in [-0.05, 0) is 31.0 Å². The molecule has 4 heteroatoms. The Morgan fingerprint density at radius 1 is 1.17 bits per heavy atom. The van der Waals surface area contributed by atoms with Gasteiger partial charge in [-0.2, -0.15) is 0 Å². The van der Waals surface area contributed by atoms with E-state index in [1.54, 1.807) is 24.0 Å². The molecule has 0 saturated carbocycles. The zero-order valence-corrected chi connectivity index (χ0v) is 14.3. The Bertz CT molecular complexity index is 748. The van der Waals surface area contributed by atoms with Crippen molar-refractivity contribution >= 4 is 12.0 Å². The maximum absolute atomic E-state index is 12.7. The third kappa shape index (κ3) is 4.95. The molecule has 0 radical (unpaired) electrons. The van der Waals surface area contributed by atoms with Gasteiger partial charge in [-0.1, -0.05) is 55.8 Å². The lowest BCUT2D eigenvalue weighted by Crippen LogP contribution is -2.35. The lowest BCUT2D eigenvalue weighted by atomic mass is 10.2. The zero-order valence-electron chi connectivity index (χ0n) is 14.3. The lowest BCUT2D eigenvalue weighted by Gasteiger charge is -2.20. The number of nitrogens with zero attached hydrogens (tertiary/aromatic N) is 1. The van der Waals surface area contributed by atoms with Crippen LogP contribution in [0.3, 0.4) is 0 Å². The van der Waals surface area contributed by atoms with Gasteiger partial charge in [0.25, 0.3) is 11.5 Å². The van der Waals surface area contributed by atoms with Crippen LogP contribution < -0.4 is 5.56 Å². The van der Waals surface area contributed by atoms with Crippen LogP contribution in [0.2, 0.25) is 0 Å². The van der Waals surface area contributed by atoms with Crippen molar-refractivity contribution in [3.05, 3.63) is 75.7 Å². The summed E-state index contributed by atoms with van der Waals surface area (Å²) < 4.78 is 0. The quantitative estimate of drug-likeness (QED) is 0.845. The summed E-state index contributed by atoms with van der Waals surface area (Å²) in [7, 11) is 0. The summed E-state index contributed by atoms with van der Waals surface area (Å²) in [5.74, 6) is -0.220. The van der Waals surface area contributed by atoms with E-state index in [1.807, 2.05) is 42.5 Å². The summed E-state index contributed by atoms with van der Waals surface area (Å²) in [6.45, 7) is 5.01. The molecule has 1 aromatic carbocycles. The van der Waals surface area contributed by atoms with Crippen molar-refractivity contribution in [1.82, 2.24) is 9.88 Å². The molecular weight excluding hydrogens is 300 g/mol. The van der Waals surface area contributed by atoms with Crippen LogP contribution in [0.25, 0.3) is 6.08 Å². The maximum atomic E-state index is 12.7. The highest BCUT2D eigenvalue weighted by atomic mass is 16.2. The number of hydrogen-bond donors (Lipinski definition) is 1. The Labute approximate surface area is 142 Å². The van der Waals surface area contributed by atoms with E-state index in [1.165, 1.54) is 0 Å². The van der Waals surface area contributed by atoms with Gasteiger partial charge in [0.15, 0.2) is 0 Å². The largest absolute Gasteiger partial charge is 0.335 e. The Morgan fingerprint density at radius 2 is 1.92 bits per heavy atom. The first-order valence-electron chi connectivity index (χ1n) is 8.32. The molecule has 0 fully saturated rings. The molecule has 0 spiro atoms. The number of carbonyl (C=O) groups is 1. The van der Waals surface area contributed by atoms with E-state index in [9.17, 15) is 9.59 Å². The van der Waals surface area contributed by atoms with E-state index >= 15 is 0 Å². The summed E-state index contributed by atoms with van der Waals surface area (Å²) in [5.41, 5.74) is 1.72. The normalized spacial score (nSPS) is 10.9. The predicted molar refractivity (Wildman–Crippen MR) is 98.1 cm³/mol. The first-order chi connectivity index (χ1) is 11.6. The van der Waals surface area contributed by atoms with Crippen molar-refractivity contribution in [2.75, 3.05) is 13.1 Å². The molecular formula is C20H24N2O2. The van der Waals surface area contributed by atoms with Crippen LogP contribution in [0.5, 0.6) is 0 Å². The van der Waals surface area contributed by atoms with Gasteiger partial charge in [-0.25, -0.2) is 0 Å². The molecule has 24 heavy (non-hydrogen) atoms. The zero-order chi connectivity index (χ0) is 17.4. The molecule has 2 rings (SSSR count). The molecule has 0 aliphatic heterocycles. The van der Waals surface area contributed by atoms with E-state index in [2.05, 4.69) is 11.9 Å². The van der Waals surface area contributed by atoms with Crippen molar-refractivity contribution in [3.8, 4) is 0 Å². The van der Waals surface area contributed by atoms with Gasteiger partial charge >= 0.3 is 0 Å². The van der Waals surface area contributed by atoms with E-state index < -0.39 is 0 Å². The molecule has 0 bridgehead atoms. The average molecular weight is 324 g/mol. The fourth-order valence-corrected chi connectivity index (χ4v) is 2.42. The van der Waals surface area contributed by atoms with Gasteiger partial charge in [-0.15, -0.1) is 0 Å². The minimum absolute atomic E-state index is 0.199. The molecule has 1 heterocycles. The van der Waals surface area contributed by atoms with Crippen LogP contribution in [0, 0.1) is 6.92 Å². The highest BCUT2D eigenvalue weighted by Gasteiger charge is 2.17. The molecule has 2 aromatic rings. The fraction of sp³-hybridized carbons (Fsp3) is 0.300. The van der Waals surface area contributed by atoms with Crippen molar-refractivity contribution in [1.29, 1.82) is 0 Å². The van der Waals surface area contributed by atoms with Gasteiger partial charge < -0.3 is 9.88 Å². The molecule has 4 nitrogen and oxygen atoms in total. The first kappa shape index (κ1) is 17.7. The number of hydrogen-bond acceptors (Lipinski definition) is 2. The number of nitrogens with one attached hydrogen (secondary N) is 1. The Balaban J connectivity index is 2.13. The van der Waals surface area contributed by atoms with Gasteiger partial charge in [0.1, 0.15) is 5.56 Å². The van der Waals surface area contributed by atoms with Crippen LogP contribution in [0.15, 0.2) is 53.3 Å². The van der Waals surface area contributed by atoms with Gasteiger partial charge in [0.05, 0.1) is 0 Å². The number of pyridine rings is 1. The molecule has 1 aromatic heterocycles. The maximum Gasteiger partial charge on any atom is 0.260 e. The van der Waals surface area contributed by atoms with E-state index in [0.29, 0.717) is 13.1 Å². The Hall–Kier alpha value is -2.62. The molecule has 0 aliphatic rings. The minimum atomic E-state index is -0.325. The third-order valence-electron chi connectivity index (χ3n) is 3.79. The average Bonchev–Trinajstić information content (AvgIpc) is 2.58. The number of aryl methyl sites for hydroxylation is 1. The predicted octanol–water partition coefficient (Wildman–Crippen LogP) is 3.64. The van der Waals surface area contributed by atoms with Gasteiger partial charge in [0.2, 0.25) is 0 Å². The number of amides is 1. The second kappa shape index (κ2) is 8.87. The Kier molecular flexibility index (Phi) is 6.55. The molecule has 0 saturated heterocycles. The summed E-state index contributed by atoms with van der Waals surface area (Å²) in [6.07, 6.45) is 5.86. The van der Waals surface area contributed by atoms with Gasteiger partial charge in [0, 0.05) is 18.8 Å². The van der Waals surface area contributed by atoms with Crippen molar-refractivity contribution in [2.45, 2.75) is 26.7 Å². The van der Waals surface area contributed by atoms with Crippen LogP contribution in [0.4, 0.5) is 0 Å². The highest BCUT2D eigenvalue weighted by molar-refractivity contribution is 5.94.